The zero-order chi connectivity index (χ0) is 30.1. The van der Waals surface area contributed by atoms with Crippen molar-refractivity contribution in [2.45, 2.75) is 13.8 Å². The van der Waals surface area contributed by atoms with Gasteiger partial charge in [0.1, 0.15) is 0 Å². The molecular formula is C25H21FeN11O6. The fourth-order valence-corrected chi connectivity index (χ4v) is 3.19. The molecule has 18 heteroatoms. The second-order valence-electron chi connectivity index (χ2n) is 8.22. The number of hydrogen-bond donors (Lipinski definition) is 2. The molecule has 6 aromatic rings. The Morgan fingerprint density at radius 1 is 0.651 bits per heavy atom. The van der Waals surface area contributed by atoms with Crippen molar-refractivity contribution in [3.8, 4) is 34.3 Å². The molecule has 0 atom stereocenters. The van der Waals surface area contributed by atoms with Gasteiger partial charge in [-0.2, -0.15) is 5.21 Å². The van der Waals surface area contributed by atoms with Gasteiger partial charge in [-0.05, 0) is 53.7 Å². The number of nitro benzene ring substituents is 2. The first kappa shape index (κ1) is 31.7. The summed E-state index contributed by atoms with van der Waals surface area (Å²) in [4.78, 5) is 19.8. The molecule has 220 valence electrons. The summed E-state index contributed by atoms with van der Waals surface area (Å²) in [6.45, 7) is 3.44. The zero-order valence-electron chi connectivity index (χ0n) is 22.3. The number of nitrogens with two attached hydrogens (primary N) is 1. The smallest absolute Gasteiger partial charge is 0.269 e. The first-order valence-corrected chi connectivity index (χ1v) is 11.9. The molecule has 0 amide bonds. The van der Waals surface area contributed by atoms with Crippen LogP contribution in [-0.4, -0.2) is 50.9 Å². The number of tetrazole rings is 1. The molecule has 0 saturated heterocycles. The Morgan fingerprint density at radius 2 is 1.07 bits per heavy atom. The van der Waals surface area contributed by atoms with Gasteiger partial charge in [0.05, 0.1) is 9.85 Å². The van der Waals surface area contributed by atoms with Gasteiger partial charge in [-0.1, -0.05) is 0 Å². The number of aromatic amines is 1. The molecular weight excluding hydrogens is 606 g/mol. The first-order chi connectivity index (χ1) is 20.2. The van der Waals surface area contributed by atoms with Crippen molar-refractivity contribution in [3.05, 3.63) is 105 Å². The zero-order valence-corrected chi connectivity index (χ0v) is 23.4. The van der Waals surface area contributed by atoms with Gasteiger partial charge >= 0.3 is 0 Å². The van der Waals surface area contributed by atoms with Crippen LogP contribution in [0.5, 0.6) is 0 Å². The molecule has 6 rings (SSSR count). The Hall–Kier alpha value is -5.87. The largest absolute Gasteiger partial charge is 0.421 e. The van der Waals surface area contributed by atoms with Gasteiger partial charge in [0.2, 0.25) is 29.4 Å². The Bertz CT molecular complexity index is 1760. The van der Waals surface area contributed by atoms with Crippen LogP contribution in [0.3, 0.4) is 0 Å². The van der Waals surface area contributed by atoms with Gasteiger partial charge in [-0.25, -0.2) is 0 Å². The molecule has 0 fully saturated rings. The molecule has 0 unspecified atom stereocenters. The number of benzene rings is 3. The summed E-state index contributed by atoms with van der Waals surface area (Å²) in [5.41, 5.74) is 8.58. The van der Waals surface area contributed by atoms with E-state index in [2.05, 4.69) is 41.0 Å². The Labute approximate surface area is 252 Å². The van der Waals surface area contributed by atoms with E-state index < -0.39 is 9.85 Å². The molecule has 3 aromatic heterocycles. The number of aromatic nitrogens is 8. The van der Waals surface area contributed by atoms with Crippen molar-refractivity contribution in [1.29, 1.82) is 0 Å². The van der Waals surface area contributed by atoms with Gasteiger partial charge in [-0.15, -0.1) is 30.6 Å². The van der Waals surface area contributed by atoms with Crippen molar-refractivity contribution in [2.75, 3.05) is 5.73 Å². The average Bonchev–Trinajstić information content (AvgIpc) is 3.77. The number of H-pyrrole nitrogens is 1. The van der Waals surface area contributed by atoms with E-state index in [1.54, 1.807) is 50.2 Å². The summed E-state index contributed by atoms with van der Waals surface area (Å²) >= 11 is 0. The van der Waals surface area contributed by atoms with E-state index in [9.17, 15) is 20.2 Å². The van der Waals surface area contributed by atoms with Crippen molar-refractivity contribution < 1.29 is 35.7 Å². The third-order valence-electron chi connectivity index (χ3n) is 5.22. The van der Waals surface area contributed by atoms with E-state index in [-0.39, 0.29) is 28.4 Å². The topological polar surface area (TPSA) is 245 Å². The van der Waals surface area contributed by atoms with Crippen LogP contribution in [-0.2, 0) is 17.1 Å². The summed E-state index contributed by atoms with van der Waals surface area (Å²) in [6.07, 6.45) is 0. The fraction of sp³-hybridized carbons (Fsp3) is 0.0800. The Morgan fingerprint density at radius 3 is 1.42 bits per heavy atom. The second-order valence-corrected chi connectivity index (χ2v) is 8.22. The number of aryl methyl sites for hydroxylation is 2. The molecule has 0 aliphatic heterocycles. The van der Waals surface area contributed by atoms with Crippen LogP contribution >= 0.6 is 0 Å². The summed E-state index contributed by atoms with van der Waals surface area (Å²) in [5, 5.41) is 49.0. The molecule has 3 heterocycles. The molecule has 0 radical (unpaired) electrons. The monoisotopic (exact) mass is 627 g/mol. The maximum atomic E-state index is 10.4. The summed E-state index contributed by atoms with van der Waals surface area (Å²) in [7, 11) is 0. The van der Waals surface area contributed by atoms with Crippen molar-refractivity contribution in [1.82, 2.24) is 41.0 Å². The standard InChI is InChI=1S/C9H7N3O3.C9H9N3O.C7H5N5O2.Fe/c1-6-10-11-9(15-6)7-2-4-8(5-3-7)12(13)14;1-6-11-12-9(13-6)7-2-4-8(10)5-3-7;13-12(14)6-3-1-5(2-4-6)7-8-10-11-9-7;/h2-5H,1H3;2-5H,10H2,1H3;1-4H,(H,8,9,10,11);. The van der Waals surface area contributed by atoms with Crippen molar-refractivity contribution in [2.24, 2.45) is 0 Å². The third kappa shape index (κ3) is 8.81. The van der Waals surface area contributed by atoms with E-state index in [4.69, 9.17) is 14.6 Å². The van der Waals surface area contributed by atoms with E-state index in [1.165, 1.54) is 24.3 Å². The predicted octanol–water partition coefficient (Wildman–Crippen LogP) is 4.35. The number of nitrogens with one attached hydrogen (secondary N) is 1. The van der Waals surface area contributed by atoms with Gasteiger partial charge < -0.3 is 14.6 Å². The quantitative estimate of drug-likeness (QED) is 0.117. The fourth-order valence-electron chi connectivity index (χ4n) is 3.19. The van der Waals surface area contributed by atoms with Crippen LogP contribution in [0.2, 0.25) is 0 Å². The molecule has 0 saturated carbocycles. The number of nitrogen functional groups attached to an aromatic ring is 1. The van der Waals surface area contributed by atoms with Crippen LogP contribution in [0.4, 0.5) is 17.1 Å². The van der Waals surface area contributed by atoms with Crippen LogP contribution < -0.4 is 5.73 Å². The Balaban J connectivity index is 0.000000175. The molecule has 3 N–H and O–H groups in total. The maximum Gasteiger partial charge on any atom is 0.269 e. The number of nitro groups is 2. The first-order valence-electron chi connectivity index (χ1n) is 11.9. The molecule has 3 aromatic carbocycles. The van der Waals surface area contributed by atoms with E-state index in [1.807, 2.05) is 12.1 Å². The van der Waals surface area contributed by atoms with Gasteiger partial charge in [0, 0.05) is 77.6 Å². The van der Waals surface area contributed by atoms with Crippen molar-refractivity contribution in [3.63, 3.8) is 0 Å². The SMILES string of the molecule is Cc1nnc(-c2ccc(N)cc2)o1.Cc1nnc(-c2ccc([N+](=O)[O-])cc2)o1.O=[N+]([O-])c1ccc(-c2nn[nH]n2)cc1.[Fe]. The van der Waals surface area contributed by atoms with Crippen LogP contribution in [0.25, 0.3) is 34.3 Å². The number of hydrogen-bond acceptors (Lipinski definition) is 14. The summed E-state index contributed by atoms with van der Waals surface area (Å²) in [6, 6.07) is 19.2. The predicted molar refractivity (Wildman–Crippen MR) is 146 cm³/mol. The molecule has 0 spiro atoms. The van der Waals surface area contributed by atoms with Gasteiger partial charge in [-0.3, -0.25) is 20.2 Å². The minimum atomic E-state index is -0.458. The van der Waals surface area contributed by atoms with E-state index in [0.29, 0.717) is 40.5 Å². The van der Waals surface area contributed by atoms with E-state index in [0.717, 1.165) is 11.3 Å². The van der Waals surface area contributed by atoms with Crippen LogP contribution in [0.15, 0.2) is 81.6 Å². The average molecular weight is 627 g/mol. The minimum absolute atomic E-state index is 0. The minimum Gasteiger partial charge on any atom is -0.421 e. The Kier molecular flexibility index (Phi) is 10.8. The second kappa shape index (κ2) is 14.7. The van der Waals surface area contributed by atoms with Gasteiger partial charge in [0.15, 0.2) is 0 Å². The van der Waals surface area contributed by atoms with Crippen molar-refractivity contribution >= 4 is 17.1 Å². The third-order valence-corrected chi connectivity index (χ3v) is 5.22. The normalized spacial score (nSPS) is 9.91. The molecule has 0 bridgehead atoms. The molecule has 43 heavy (non-hydrogen) atoms. The van der Waals surface area contributed by atoms with Crippen LogP contribution in [0, 0.1) is 34.1 Å². The number of non-ortho nitro benzene ring substituents is 2. The molecule has 0 aliphatic carbocycles. The van der Waals surface area contributed by atoms with E-state index >= 15 is 0 Å². The summed E-state index contributed by atoms with van der Waals surface area (Å²) in [5.74, 6) is 2.33. The number of rotatable bonds is 5. The van der Waals surface area contributed by atoms with Crippen LogP contribution in [0.1, 0.15) is 11.8 Å². The molecule has 17 nitrogen and oxygen atoms in total. The molecule has 0 aliphatic rings. The number of nitrogens with zero attached hydrogens (tertiary/aromatic N) is 9. The summed E-state index contributed by atoms with van der Waals surface area (Å²) < 4.78 is 10.4. The number of anilines is 1. The van der Waals surface area contributed by atoms with Gasteiger partial charge in [0.25, 0.3) is 11.4 Å². The maximum absolute atomic E-state index is 10.4.